The van der Waals surface area contributed by atoms with Crippen LogP contribution in [0.3, 0.4) is 0 Å². The minimum absolute atomic E-state index is 0.0268. The fourth-order valence-corrected chi connectivity index (χ4v) is 2.28. The Morgan fingerprint density at radius 2 is 1.89 bits per heavy atom. The number of carbonyl (C=O) groups excluding carboxylic acids is 1. The van der Waals surface area contributed by atoms with E-state index in [-0.39, 0.29) is 11.4 Å². The highest BCUT2D eigenvalue weighted by molar-refractivity contribution is 5.95. The monoisotopic (exact) mass is 260 g/mol. The van der Waals surface area contributed by atoms with E-state index in [1.54, 1.807) is 0 Å². The van der Waals surface area contributed by atoms with Gasteiger partial charge in [0.15, 0.2) is 0 Å². The fraction of sp³-hybridized carbons (Fsp3) is 0.562. The van der Waals surface area contributed by atoms with Crippen molar-refractivity contribution < 1.29 is 4.79 Å². The van der Waals surface area contributed by atoms with Crippen LogP contribution in [0.25, 0.3) is 0 Å². The molecule has 2 rings (SSSR count). The molecule has 3 heteroatoms. The summed E-state index contributed by atoms with van der Waals surface area (Å²) in [7, 11) is 0. The minimum Gasteiger partial charge on any atom is -0.385 e. The smallest absolute Gasteiger partial charge is 0.251 e. The summed E-state index contributed by atoms with van der Waals surface area (Å²) in [5.74, 6) is 0.667. The summed E-state index contributed by atoms with van der Waals surface area (Å²) in [4.78, 5) is 12.2. The van der Waals surface area contributed by atoms with Crippen molar-refractivity contribution in [1.82, 2.24) is 5.32 Å². The van der Waals surface area contributed by atoms with Crippen LogP contribution in [-0.4, -0.2) is 18.0 Å². The van der Waals surface area contributed by atoms with Gasteiger partial charge >= 0.3 is 0 Å². The molecule has 0 spiro atoms. The number of nitrogens with one attached hydrogen (secondary N) is 2. The molecule has 1 aliphatic carbocycles. The second-order valence-corrected chi connectivity index (χ2v) is 5.95. The molecule has 0 radical (unpaired) electrons. The number of benzene rings is 1. The van der Waals surface area contributed by atoms with Crippen LogP contribution in [-0.2, 0) is 0 Å². The van der Waals surface area contributed by atoms with Gasteiger partial charge in [-0.05, 0) is 63.3 Å². The van der Waals surface area contributed by atoms with E-state index in [1.165, 1.54) is 12.8 Å². The third-order valence-corrected chi connectivity index (χ3v) is 3.76. The average Bonchev–Trinajstić information content (AvgIpc) is 3.21. The molecular weight excluding hydrogens is 236 g/mol. The van der Waals surface area contributed by atoms with Crippen LogP contribution in [0.4, 0.5) is 5.69 Å². The van der Waals surface area contributed by atoms with E-state index >= 15 is 0 Å². The van der Waals surface area contributed by atoms with Crippen LogP contribution in [0, 0.1) is 5.92 Å². The first-order valence-corrected chi connectivity index (χ1v) is 7.19. The Morgan fingerprint density at radius 1 is 1.26 bits per heavy atom. The summed E-state index contributed by atoms with van der Waals surface area (Å²) in [6, 6.07) is 7.70. The van der Waals surface area contributed by atoms with Crippen molar-refractivity contribution in [3.05, 3.63) is 29.8 Å². The lowest BCUT2D eigenvalue weighted by atomic mass is 9.98. The first-order valence-electron chi connectivity index (χ1n) is 7.19. The van der Waals surface area contributed by atoms with Gasteiger partial charge in [0.25, 0.3) is 5.91 Å². The maximum absolute atomic E-state index is 12.2. The van der Waals surface area contributed by atoms with Crippen molar-refractivity contribution in [1.29, 1.82) is 0 Å². The predicted octanol–water partition coefficient (Wildman–Crippen LogP) is 3.43. The van der Waals surface area contributed by atoms with Crippen LogP contribution in [0.2, 0.25) is 0 Å². The van der Waals surface area contributed by atoms with Gasteiger partial charge in [0.05, 0.1) is 0 Å². The lowest BCUT2D eigenvalue weighted by molar-refractivity contribution is 0.0903. The zero-order valence-corrected chi connectivity index (χ0v) is 12.1. The van der Waals surface area contributed by atoms with Gasteiger partial charge in [-0.15, -0.1) is 0 Å². The van der Waals surface area contributed by atoms with Gasteiger partial charge in [0.1, 0.15) is 0 Å². The molecular formula is C16H24N2O. The summed E-state index contributed by atoms with van der Waals surface area (Å²) in [6.45, 7) is 7.31. The highest BCUT2D eigenvalue weighted by Gasteiger charge is 2.38. The van der Waals surface area contributed by atoms with Crippen LogP contribution < -0.4 is 10.6 Å². The quantitative estimate of drug-likeness (QED) is 0.822. The third kappa shape index (κ3) is 3.72. The number of anilines is 1. The van der Waals surface area contributed by atoms with Crippen molar-refractivity contribution in [3.63, 3.8) is 0 Å². The van der Waals surface area contributed by atoms with E-state index in [9.17, 15) is 4.79 Å². The largest absolute Gasteiger partial charge is 0.385 e. The number of carbonyl (C=O) groups is 1. The molecule has 1 aromatic rings. The molecule has 0 bridgehead atoms. The fourth-order valence-electron chi connectivity index (χ4n) is 2.28. The summed E-state index contributed by atoms with van der Waals surface area (Å²) < 4.78 is 0. The van der Waals surface area contributed by atoms with Gasteiger partial charge in [0.2, 0.25) is 0 Å². The third-order valence-electron chi connectivity index (χ3n) is 3.76. The van der Waals surface area contributed by atoms with Gasteiger partial charge in [0, 0.05) is 23.3 Å². The molecule has 1 amide bonds. The molecule has 0 heterocycles. The molecule has 0 aliphatic heterocycles. The second kappa shape index (κ2) is 5.64. The van der Waals surface area contributed by atoms with E-state index in [2.05, 4.69) is 31.4 Å². The molecule has 19 heavy (non-hydrogen) atoms. The van der Waals surface area contributed by atoms with Gasteiger partial charge in [-0.25, -0.2) is 0 Å². The first kappa shape index (κ1) is 13.9. The molecule has 3 nitrogen and oxygen atoms in total. The molecule has 1 saturated carbocycles. The van der Waals surface area contributed by atoms with Crippen LogP contribution >= 0.6 is 0 Å². The Kier molecular flexibility index (Phi) is 4.13. The van der Waals surface area contributed by atoms with Crippen molar-refractivity contribution in [2.45, 2.75) is 45.6 Å². The Balaban J connectivity index is 1.95. The maximum atomic E-state index is 12.2. The summed E-state index contributed by atoms with van der Waals surface area (Å²) in [5.41, 5.74) is 1.71. The highest BCUT2D eigenvalue weighted by atomic mass is 16.1. The summed E-state index contributed by atoms with van der Waals surface area (Å²) >= 11 is 0. The first-order chi connectivity index (χ1) is 9.03. The SMILES string of the molecule is CCCNc1ccc(C(=O)NC(C)(C)C2CC2)cc1. The van der Waals surface area contributed by atoms with Crippen LogP contribution in [0.5, 0.6) is 0 Å². The van der Waals surface area contributed by atoms with Crippen molar-refractivity contribution in [2.24, 2.45) is 5.92 Å². The van der Waals surface area contributed by atoms with Gasteiger partial charge < -0.3 is 10.6 Å². The zero-order valence-electron chi connectivity index (χ0n) is 12.1. The minimum atomic E-state index is -0.0871. The van der Waals surface area contributed by atoms with E-state index < -0.39 is 0 Å². The number of hydrogen-bond donors (Lipinski definition) is 2. The Labute approximate surface area is 115 Å². The van der Waals surface area contributed by atoms with E-state index in [0.29, 0.717) is 5.92 Å². The number of hydrogen-bond acceptors (Lipinski definition) is 2. The molecule has 2 N–H and O–H groups in total. The van der Waals surface area contributed by atoms with E-state index in [4.69, 9.17) is 0 Å². The van der Waals surface area contributed by atoms with Crippen LogP contribution in [0.1, 0.15) is 50.4 Å². The molecule has 104 valence electrons. The Hall–Kier alpha value is -1.51. The molecule has 1 aliphatic rings. The van der Waals surface area contributed by atoms with Gasteiger partial charge in [-0.2, -0.15) is 0 Å². The van der Waals surface area contributed by atoms with Gasteiger partial charge in [-0.3, -0.25) is 4.79 Å². The molecule has 0 saturated heterocycles. The Morgan fingerprint density at radius 3 is 2.42 bits per heavy atom. The maximum Gasteiger partial charge on any atom is 0.251 e. The second-order valence-electron chi connectivity index (χ2n) is 5.95. The lowest BCUT2D eigenvalue weighted by Gasteiger charge is -2.26. The molecule has 0 unspecified atom stereocenters. The van der Waals surface area contributed by atoms with Crippen molar-refractivity contribution in [2.75, 3.05) is 11.9 Å². The predicted molar refractivity (Wildman–Crippen MR) is 79.5 cm³/mol. The van der Waals surface area contributed by atoms with Crippen molar-refractivity contribution in [3.8, 4) is 0 Å². The molecule has 1 fully saturated rings. The van der Waals surface area contributed by atoms with Crippen LogP contribution in [0.15, 0.2) is 24.3 Å². The topological polar surface area (TPSA) is 41.1 Å². The standard InChI is InChI=1S/C16H24N2O/c1-4-11-17-14-9-5-12(6-10-14)15(19)18-16(2,3)13-7-8-13/h5-6,9-10,13,17H,4,7-8,11H2,1-3H3,(H,18,19). The summed E-state index contributed by atoms with van der Waals surface area (Å²) in [5, 5.41) is 6.44. The van der Waals surface area contributed by atoms with E-state index in [1.807, 2.05) is 24.3 Å². The highest BCUT2D eigenvalue weighted by Crippen LogP contribution is 2.39. The average molecular weight is 260 g/mol. The normalized spacial score (nSPS) is 15.1. The van der Waals surface area contributed by atoms with E-state index in [0.717, 1.165) is 24.2 Å². The lowest BCUT2D eigenvalue weighted by Crippen LogP contribution is -2.45. The molecule has 0 aromatic heterocycles. The number of rotatable bonds is 6. The molecule has 0 atom stereocenters. The Bertz CT molecular complexity index is 433. The van der Waals surface area contributed by atoms with Gasteiger partial charge in [-0.1, -0.05) is 6.92 Å². The van der Waals surface area contributed by atoms with Crippen molar-refractivity contribution >= 4 is 11.6 Å². The number of amides is 1. The summed E-state index contributed by atoms with van der Waals surface area (Å²) in [6.07, 6.45) is 3.55. The molecule has 1 aromatic carbocycles. The zero-order chi connectivity index (χ0) is 13.9.